The smallest absolute Gasteiger partial charge is 0.146 e. The molecule has 1 fully saturated rings. The number of benzene rings is 1. The molecule has 1 saturated carbocycles. The second-order valence-electron chi connectivity index (χ2n) is 6.82. The summed E-state index contributed by atoms with van der Waals surface area (Å²) >= 11 is 0. The van der Waals surface area contributed by atoms with E-state index in [2.05, 4.69) is 26.1 Å². The molecule has 3 heteroatoms. The first-order chi connectivity index (χ1) is 8.87. The maximum absolute atomic E-state index is 14.1. The van der Waals surface area contributed by atoms with Crippen LogP contribution >= 0.6 is 0 Å². The van der Waals surface area contributed by atoms with Gasteiger partial charge in [-0.1, -0.05) is 32.9 Å². The van der Waals surface area contributed by atoms with E-state index in [1.165, 1.54) is 12.8 Å². The van der Waals surface area contributed by atoms with Crippen LogP contribution in [0.3, 0.4) is 0 Å². The van der Waals surface area contributed by atoms with Gasteiger partial charge in [0.15, 0.2) is 0 Å². The topological polar surface area (TPSA) is 15.3 Å². The van der Waals surface area contributed by atoms with Gasteiger partial charge in [-0.05, 0) is 29.9 Å². The summed E-state index contributed by atoms with van der Waals surface area (Å²) in [7, 11) is 1.98. The maximum atomic E-state index is 14.1. The molecule has 1 aromatic rings. The lowest BCUT2D eigenvalue weighted by atomic mass is 9.95. The number of anilines is 1. The number of rotatable bonds is 5. The number of para-hydroxylation sites is 1. The lowest BCUT2D eigenvalue weighted by Gasteiger charge is -2.30. The van der Waals surface area contributed by atoms with Crippen molar-refractivity contribution >= 4 is 5.69 Å². The fourth-order valence-corrected chi connectivity index (χ4v) is 2.46. The Hall–Kier alpha value is -1.09. The van der Waals surface area contributed by atoms with Gasteiger partial charge in [0.2, 0.25) is 0 Å². The van der Waals surface area contributed by atoms with E-state index in [1.54, 1.807) is 12.1 Å². The van der Waals surface area contributed by atoms with E-state index >= 15 is 0 Å². The Morgan fingerprint density at radius 1 is 1.32 bits per heavy atom. The fraction of sp³-hybridized carbons (Fsp3) is 0.625. The molecule has 1 aliphatic carbocycles. The Labute approximate surface area is 116 Å². The largest absolute Gasteiger partial charge is 0.371 e. The zero-order valence-corrected chi connectivity index (χ0v) is 12.5. The van der Waals surface area contributed by atoms with Crippen LogP contribution in [0.5, 0.6) is 0 Å². The van der Waals surface area contributed by atoms with Gasteiger partial charge in [-0.2, -0.15) is 0 Å². The number of hydrogen-bond donors (Lipinski definition) is 1. The van der Waals surface area contributed by atoms with Crippen molar-refractivity contribution in [3.8, 4) is 0 Å². The molecule has 0 amide bonds. The van der Waals surface area contributed by atoms with Crippen molar-refractivity contribution in [2.45, 2.75) is 46.2 Å². The van der Waals surface area contributed by atoms with E-state index < -0.39 is 0 Å². The highest BCUT2D eigenvalue weighted by molar-refractivity contribution is 5.54. The molecule has 0 atom stereocenters. The first-order valence-corrected chi connectivity index (χ1v) is 7.09. The summed E-state index contributed by atoms with van der Waals surface area (Å²) in [6.07, 6.45) is 2.50. The summed E-state index contributed by atoms with van der Waals surface area (Å²) in [5, 5.41) is 3.46. The Kier molecular flexibility index (Phi) is 4.14. The van der Waals surface area contributed by atoms with Gasteiger partial charge in [0.05, 0.1) is 5.69 Å². The molecule has 1 aliphatic rings. The second-order valence-corrected chi connectivity index (χ2v) is 6.82. The lowest BCUT2D eigenvalue weighted by molar-refractivity contribution is 0.416. The zero-order valence-electron chi connectivity index (χ0n) is 12.5. The van der Waals surface area contributed by atoms with Crippen LogP contribution < -0.4 is 10.2 Å². The fourth-order valence-electron chi connectivity index (χ4n) is 2.46. The molecule has 1 N–H and O–H groups in total. The van der Waals surface area contributed by atoms with Gasteiger partial charge in [0.1, 0.15) is 5.82 Å². The normalized spacial score (nSPS) is 15.6. The third-order valence-corrected chi connectivity index (χ3v) is 3.32. The van der Waals surface area contributed by atoms with Gasteiger partial charge >= 0.3 is 0 Å². The summed E-state index contributed by atoms with van der Waals surface area (Å²) in [4.78, 5) is 2.04. The molecular formula is C16H25FN2. The molecule has 19 heavy (non-hydrogen) atoms. The van der Waals surface area contributed by atoms with E-state index in [1.807, 2.05) is 18.0 Å². The minimum atomic E-state index is -0.123. The summed E-state index contributed by atoms with van der Waals surface area (Å²) in [6.45, 7) is 8.11. The minimum Gasteiger partial charge on any atom is -0.371 e. The number of nitrogens with zero attached hydrogens (tertiary/aromatic N) is 1. The van der Waals surface area contributed by atoms with Crippen LogP contribution in [0.15, 0.2) is 18.2 Å². The van der Waals surface area contributed by atoms with Crippen molar-refractivity contribution in [3.63, 3.8) is 0 Å². The van der Waals surface area contributed by atoms with Gasteiger partial charge in [-0.25, -0.2) is 4.39 Å². The molecule has 0 radical (unpaired) electrons. The van der Waals surface area contributed by atoms with Gasteiger partial charge < -0.3 is 10.2 Å². The molecule has 0 heterocycles. The zero-order chi connectivity index (χ0) is 14.0. The molecule has 0 aromatic heterocycles. The molecular weight excluding hydrogens is 239 g/mol. The van der Waals surface area contributed by atoms with E-state index in [-0.39, 0.29) is 11.2 Å². The van der Waals surface area contributed by atoms with Crippen LogP contribution in [0.2, 0.25) is 0 Å². The average Bonchev–Trinajstić information content (AvgIpc) is 3.07. The molecule has 0 unspecified atom stereocenters. The van der Waals surface area contributed by atoms with Crippen LogP contribution in [0.1, 0.15) is 39.2 Å². The van der Waals surface area contributed by atoms with Gasteiger partial charge in [-0.15, -0.1) is 0 Å². The SMILES string of the molecule is CN(CC(C)(C)C)c1c(F)cccc1CNC1CC1. The highest BCUT2D eigenvalue weighted by Crippen LogP contribution is 2.28. The summed E-state index contributed by atoms with van der Waals surface area (Å²) in [6, 6.07) is 6.01. The number of hydrogen-bond acceptors (Lipinski definition) is 2. The Morgan fingerprint density at radius 3 is 2.58 bits per heavy atom. The van der Waals surface area contributed by atoms with E-state index in [0.29, 0.717) is 6.04 Å². The molecule has 0 bridgehead atoms. The van der Waals surface area contributed by atoms with Crippen molar-refractivity contribution in [3.05, 3.63) is 29.6 Å². The average molecular weight is 264 g/mol. The second kappa shape index (κ2) is 5.49. The molecule has 0 aliphatic heterocycles. The van der Waals surface area contributed by atoms with Crippen molar-refractivity contribution in [2.24, 2.45) is 5.41 Å². The Balaban J connectivity index is 2.15. The van der Waals surface area contributed by atoms with Crippen molar-refractivity contribution in [2.75, 3.05) is 18.5 Å². The van der Waals surface area contributed by atoms with Gasteiger partial charge in [0.25, 0.3) is 0 Å². The standard InChI is InChI=1S/C16H25FN2/c1-16(2,3)11-19(4)15-12(6-5-7-14(15)17)10-18-13-8-9-13/h5-7,13,18H,8-11H2,1-4H3. The predicted molar refractivity (Wildman–Crippen MR) is 79.0 cm³/mol. The van der Waals surface area contributed by atoms with Crippen LogP contribution in [0.25, 0.3) is 0 Å². The lowest BCUT2D eigenvalue weighted by Crippen LogP contribution is -2.31. The maximum Gasteiger partial charge on any atom is 0.146 e. The Morgan fingerprint density at radius 2 is 2.00 bits per heavy atom. The van der Waals surface area contributed by atoms with Crippen molar-refractivity contribution in [1.29, 1.82) is 0 Å². The van der Waals surface area contributed by atoms with E-state index in [9.17, 15) is 4.39 Å². The molecule has 0 saturated heterocycles. The first-order valence-electron chi connectivity index (χ1n) is 7.09. The van der Waals surface area contributed by atoms with Gasteiger partial charge in [-0.3, -0.25) is 0 Å². The molecule has 0 spiro atoms. The first kappa shape index (κ1) is 14.3. The minimum absolute atomic E-state index is 0.123. The summed E-state index contributed by atoms with van der Waals surface area (Å²) < 4.78 is 14.1. The highest BCUT2D eigenvalue weighted by Gasteiger charge is 2.22. The number of nitrogens with one attached hydrogen (secondary N) is 1. The quantitative estimate of drug-likeness (QED) is 0.874. The van der Waals surface area contributed by atoms with Crippen molar-refractivity contribution < 1.29 is 4.39 Å². The van der Waals surface area contributed by atoms with Crippen LogP contribution in [-0.4, -0.2) is 19.6 Å². The highest BCUT2D eigenvalue weighted by atomic mass is 19.1. The van der Waals surface area contributed by atoms with Crippen molar-refractivity contribution in [1.82, 2.24) is 5.32 Å². The summed E-state index contributed by atoms with van der Waals surface area (Å²) in [5.74, 6) is -0.123. The Bertz CT molecular complexity index is 433. The van der Waals surface area contributed by atoms with Crippen LogP contribution in [-0.2, 0) is 6.54 Å². The third kappa shape index (κ3) is 4.20. The molecule has 2 rings (SSSR count). The molecule has 1 aromatic carbocycles. The predicted octanol–water partition coefficient (Wildman–Crippen LogP) is 3.56. The summed E-state index contributed by atoms with van der Waals surface area (Å²) in [5.41, 5.74) is 1.95. The van der Waals surface area contributed by atoms with Crippen LogP contribution in [0, 0.1) is 11.2 Å². The third-order valence-electron chi connectivity index (χ3n) is 3.32. The van der Waals surface area contributed by atoms with E-state index in [4.69, 9.17) is 0 Å². The molecule has 2 nitrogen and oxygen atoms in total. The van der Waals surface area contributed by atoms with Gasteiger partial charge in [0, 0.05) is 26.2 Å². The molecule has 106 valence electrons. The monoisotopic (exact) mass is 264 g/mol. The van der Waals surface area contributed by atoms with Crippen LogP contribution in [0.4, 0.5) is 10.1 Å². The number of halogens is 1. The van der Waals surface area contributed by atoms with E-state index in [0.717, 1.165) is 24.3 Å².